The zero-order valence-electron chi connectivity index (χ0n) is 10.9. The number of rotatable bonds is 2. The normalized spacial score (nSPS) is 26.8. The second-order valence-electron chi connectivity index (χ2n) is 5.34. The van der Waals surface area contributed by atoms with Crippen LogP contribution in [0.2, 0.25) is 0 Å². The number of aliphatic hydroxyl groups excluding tert-OH is 2. The van der Waals surface area contributed by atoms with E-state index in [1.54, 1.807) is 11.3 Å². The van der Waals surface area contributed by atoms with Crippen LogP contribution in [-0.2, 0) is 11.3 Å². The van der Waals surface area contributed by atoms with Crippen LogP contribution in [0.4, 0.5) is 5.13 Å². The van der Waals surface area contributed by atoms with Crippen LogP contribution in [0.5, 0.6) is 0 Å². The molecule has 2 aliphatic heterocycles. The molecule has 3 heterocycles. The first kappa shape index (κ1) is 13.3. The molecular weight excluding hydrogens is 264 g/mol. The summed E-state index contributed by atoms with van der Waals surface area (Å²) >= 11 is 1.57. The number of aliphatic hydroxyl groups is 2. The van der Waals surface area contributed by atoms with Gasteiger partial charge in [-0.05, 0) is 25.7 Å². The van der Waals surface area contributed by atoms with Gasteiger partial charge >= 0.3 is 0 Å². The summed E-state index contributed by atoms with van der Waals surface area (Å²) in [7, 11) is 0. The molecule has 1 atom stereocenters. The molecule has 0 amide bonds. The first-order valence-electron chi connectivity index (χ1n) is 6.86. The van der Waals surface area contributed by atoms with Crippen LogP contribution in [0.3, 0.4) is 0 Å². The molecule has 0 saturated carbocycles. The van der Waals surface area contributed by atoms with Crippen molar-refractivity contribution in [3.63, 3.8) is 0 Å². The zero-order valence-corrected chi connectivity index (χ0v) is 11.7. The van der Waals surface area contributed by atoms with Crippen LogP contribution in [-0.4, -0.2) is 46.6 Å². The molecule has 1 aromatic rings. The third kappa shape index (κ3) is 2.50. The van der Waals surface area contributed by atoms with Crippen molar-refractivity contribution >= 4 is 16.5 Å². The van der Waals surface area contributed by atoms with Crippen molar-refractivity contribution < 1.29 is 14.9 Å². The van der Waals surface area contributed by atoms with E-state index in [2.05, 4.69) is 9.88 Å². The Hall–Kier alpha value is -0.690. The number of anilines is 1. The van der Waals surface area contributed by atoms with Crippen molar-refractivity contribution in [1.82, 2.24) is 4.98 Å². The van der Waals surface area contributed by atoms with Crippen molar-refractivity contribution in [2.75, 3.05) is 24.6 Å². The summed E-state index contributed by atoms with van der Waals surface area (Å²) in [6, 6.07) is 0. The number of nitrogens with zero attached hydrogens (tertiary/aromatic N) is 2. The average molecular weight is 284 g/mol. The molecule has 6 heteroatoms. The highest BCUT2D eigenvalue weighted by molar-refractivity contribution is 7.13. The SMILES string of the molecule is OCc1csc(N2CCC3(CC2)OCCCC3O)n1. The summed E-state index contributed by atoms with van der Waals surface area (Å²) in [5.74, 6) is 0. The fraction of sp³-hybridized carbons (Fsp3) is 0.769. The highest BCUT2D eigenvalue weighted by atomic mass is 32.1. The first-order valence-corrected chi connectivity index (χ1v) is 7.74. The molecule has 0 aromatic carbocycles. The zero-order chi connectivity index (χ0) is 13.3. The summed E-state index contributed by atoms with van der Waals surface area (Å²) in [4.78, 5) is 6.62. The molecule has 2 fully saturated rings. The number of hydrogen-bond acceptors (Lipinski definition) is 6. The van der Waals surface area contributed by atoms with Gasteiger partial charge in [0.1, 0.15) is 0 Å². The molecule has 5 nitrogen and oxygen atoms in total. The lowest BCUT2D eigenvalue weighted by molar-refractivity contribution is -0.164. The van der Waals surface area contributed by atoms with E-state index in [1.165, 1.54) is 0 Å². The second kappa shape index (κ2) is 5.36. The number of thiazole rings is 1. The van der Waals surface area contributed by atoms with Gasteiger partial charge in [-0.3, -0.25) is 0 Å². The monoisotopic (exact) mass is 284 g/mol. The summed E-state index contributed by atoms with van der Waals surface area (Å²) in [5, 5.41) is 22.1. The van der Waals surface area contributed by atoms with Gasteiger partial charge in [0, 0.05) is 25.1 Å². The van der Waals surface area contributed by atoms with Crippen LogP contribution >= 0.6 is 11.3 Å². The molecule has 3 rings (SSSR count). The van der Waals surface area contributed by atoms with Crippen LogP contribution in [0, 0.1) is 0 Å². The van der Waals surface area contributed by atoms with E-state index in [-0.39, 0.29) is 18.3 Å². The number of aromatic nitrogens is 1. The molecule has 2 aliphatic rings. The highest BCUT2D eigenvalue weighted by Gasteiger charge is 2.43. The van der Waals surface area contributed by atoms with Gasteiger partial charge < -0.3 is 19.8 Å². The Morgan fingerprint density at radius 3 is 2.89 bits per heavy atom. The third-order valence-corrected chi connectivity index (χ3v) is 5.15. The lowest BCUT2D eigenvalue weighted by Gasteiger charge is -2.46. The molecule has 1 spiro atoms. The number of ether oxygens (including phenoxy) is 1. The van der Waals surface area contributed by atoms with Gasteiger partial charge in [0.25, 0.3) is 0 Å². The van der Waals surface area contributed by atoms with E-state index >= 15 is 0 Å². The maximum Gasteiger partial charge on any atom is 0.185 e. The molecule has 19 heavy (non-hydrogen) atoms. The molecular formula is C13H20N2O3S. The van der Waals surface area contributed by atoms with Gasteiger partial charge in [0.15, 0.2) is 5.13 Å². The summed E-state index contributed by atoms with van der Waals surface area (Å²) < 4.78 is 5.90. The summed E-state index contributed by atoms with van der Waals surface area (Å²) in [6.07, 6.45) is 3.18. The predicted octanol–water partition coefficient (Wildman–Crippen LogP) is 1.15. The highest BCUT2D eigenvalue weighted by Crippen LogP contribution is 2.37. The molecule has 1 unspecified atom stereocenters. The van der Waals surface area contributed by atoms with E-state index in [9.17, 15) is 5.11 Å². The van der Waals surface area contributed by atoms with E-state index in [0.29, 0.717) is 0 Å². The minimum atomic E-state index is -0.328. The smallest absolute Gasteiger partial charge is 0.185 e. The van der Waals surface area contributed by atoms with E-state index < -0.39 is 0 Å². The lowest BCUT2D eigenvalue weighted by Crippen LogP contribution is -2.55. The number of hydrogen-bond donors (Lipinski definition) is 2. The Balaban J connectivity index is 1.65. The standard InChI is InChI=1S/C13H20N2O3S/c16-8-10-9-19-12(14-10)15-5-3-13(4-6-15)11(17)2-1-7-18-13/h9,11,16-17H,1-8H2. The Morgan fingerprint density at radius 2 is 2.26 bits per heavy atom. The van der Waals surface area contributed by atoms with E-state index in [0.717, 1.165) is 56.2 Å². The topological polar surface area (TPSA) is 65.8 Å². The van der Waals surface area contributed by atoms with E-state index in [4.69, 9.17) is 9.84 Å². The van der Waals surface area contributed by atoms with Gasteiger partial charge in [-0.1, -0.05) is 0 Å². The summed E-state index contributed by atoms with van der Waals surface area (Å²) in [6.45, 7) is 2.48. The van der Waals surface area contributed by atoms with E-state index in [1.807, 2.05) is 5.38 Å². The Bertz CT molecular complexity index is 429. The molecule has 0 bridgehead atoms. The van der Waals surface area contributed by atoms with Crippen LogP contribution in [0.1, 0.15) is 31.4 Å². The van der Waals surface area contributed by atoms with Gasteiger partial charge in [-0.15, -0.1) is 11.3 Å². The maximum atomic E-state index is 10.2. The van der Waals surface area contributed by atoms with Crippen molar-refractivity contribution in [3.8, 4) is 0 Å². The molecule has 106 valence electrons. The van der Waals surface area contributed by atoms with Gasteiger partial charge in [0.05, 0.1) is 24.0 Å². The lowest BCUT2D eigenvalue weighted by atomic mass is 9.82. The Morgan fingerprint density at radius 1 is 1.47 bits per heavy atom. The molecule has 1 aromatic heterocycles. The van der Waals surface area contributed by atoms with Gasteiger partial charge in [0.2, 0.25) is 0 Å². The summed E-state index contributed by atoms with van der Waals surface area (Å²) in [5.41, 5.74) is 0.403. The van der Waals surface area contributed by atoms with Crippen LogP contribution < -0.4 is 4.90 Å². The molecule has 2 saturated heterocycles. The molecule has 0 aliphatic carbocycles. The second-order valence-corrected chi connectivity index (χ2v) is 6.17. The van der Waals surface area contributed by atoms with Gasteiger partial charge in [-0.2, -0.15) is 0 Å². The average Bonchev–Trinajstić information content (AvgIpc) is 2.92. The Labute approximate surface area is 116 Å². The van der Waals surface area contributed by atoms with Crippen LogP contribution in [0.25, 0.3) is 0 Å². The fourth-order valence-electron chi connectivity index (χ4n) is 2.98. The quantitative estimate of drug-likeness (QED) is 0.853. The third-order valence-electron chi connectivity index (χ3n) is 4.20. The van der Waals surface area contributed by atoms with Crippen molar-refractivity contribution in [1.29, 1.82) is 0 Å². The van der Waals surface area contributed by atoms with Crippen LogP contribution in [0.15, 0.2) is 5.38 Å². The van der Waals surface area contributed by atoms with Gasteiger partial charge in [-0.25, -0.2) is 4.98 Å². The molecule has 0 radical (unpaired) electrons. The van der Waals surface area contributed by atoms with Crippen molar-refractivity contribution in [2.45, 2.75) is 44.0 Å². The minimum absolute atomic E-state index is 0.00387. The first-order chi connectivity index (χ1) is 9.23. The van der Waals surface area contributed by atoms with Crippen molar-refractivity contribution in [3.05, 3.63) is 11.1 Å². The van der Waals surface area contributed by atoms with Crippen molar-refractivity contribution in [2.24, 2.45) is 0 Å². The predicted molar refractivity (Wildman–Crippen MR) is 73.4 cm³/mol. The Kier molecular flexibility index (Phi) is 3.75. The minimum Gasteiger partial charge on any atom is -0.390 e. The largest absolute Gasteiger partial charge is 0.390 e. The maximum absolute atomic E-state index is 10.2. The molecule has 2 N–H and O–H groups in total. The number of piperidine rings is 1. The fourth-order valence-corrected chi connectivity index (χ4v) is 3.85.